The first-order valence-corrected chi connectivity index (χ1v) is 14.7. The Morgan fingerprint density at radius 3 is 2.00 bits per heavy atom. The molecular formula is C33H52NO3+. The minimum Gasteiger partial charge on any atom is -0.490 e. The van der Waals surface area contributed by atoms with Crippen molar-refractivity contribution in [2.75, 3.05) is 33.9 Å². The number of ether oxygens (including phenoxy) is 2. The smallest absolute Gasteiger partial charge is 0.311 e. The number of hydrogen-bond donors (Lipinski definition) is 0. The molecule has 0 N–H and O–H groups in total. The van der Waals surface area contributed by atoms with E-state index < -0.39 is 0 Å². The van der Waals surface area contributed by atoms with Crippen molar-refractivity contribution in [1.82, 2.24) is 0 Å². The lowest BCUT2D eigenvalue weighted by Crippen LogP contribution is -2.40. The lowest BCUT2D eigenvalue weighted by atomic mass is 10.0. The van der Waals surface area contributed by atoms with Crippen LogP contribution in [0.3, 0.4) is 0 Å². The van der Waals surface area contributed by atoms with Gasteiger partial charge in [-0.25, -0.2) is 0 Å². The number of aryl methyl sites for hydroxylation is 1. The molecule has 0 spiro atoms. The normalized spacial score (nSPS) is 11.4. The van der Waals surface area contributed by atoms with Crippen molar-refractivity contribution in [3.05, 3.63) is 65.7 Å². The van der Waals surface area contributed by atoms with Crippen LogP contribution in [0.1, 0.15) is 95.1 Å². The molecule has 0 heterocycles. The van der Waals surface area contributed by atoms with Crippen LogP contribution in [-0.4, -0.2) is 44.3 Å². The molecule has 0 atom stereocenters. The Hall–Kier alpha value is -2.33. The van der Waals surface area contributed by atoms with Gasteiger partial charge in [0.25, 0.3) is 0 Å². The summed E-state index contributed by atoms with van der Waals surface area (Å²) >= 11 is 0. The number of nitrogens with zero attached hydrogens (tertiary/aromatic N) is 1. The summed E-state index contributed by atoms with van der Waals surface area (Å²) in [6, 6.07) is 18.7. The third-order valence-corrected chi connectivity index (χ3v) is 7.00. The maximum absolute atomic E-state index is 12.3. The summed E-state index contributed by atoms with van der Waals surface area (Å²) in [6.07, 6.45) is 16.4. The minimum absolute atomic E-state index is 0.155. The van der Waals surface area contributed by atoms with E-state index in [1.54, 1.807) is 0 Å². The van der Waals surface area contributed by atoms with Crippen LogP contribution in [0.5, 0.6) is 5.75 Å². The molecule has 0 saturated heterocycles. The summed E-state index contributed by atoms with van der Waals surface area (Å²) in [5.41, 5.74) is 2.53. The predicted molar refractivity (Wildman–Crippen MR) is 155 cm³/mol. The van der Waals surface area contributed by atoms with Crippen molar-refractivity contribution in [3.8, 4) is 5.75 Å². The summed E-state index contributed by atoms with van der Waals surface area (Å²) in [6.45, 7) is 4.60. The molecule has 2 rings (SSSR count). The van der Waals surface area contributed by atoms with Crippen LogP contribution in [0.25, 0.3) is 0 Å². The van der Waals surface area contributed by atoms with Crippen LogP contribution in [0, 0.1) is 0 Å². The van der Waals surface area contributed by atoms with E-state index in [4.69, 9.17) is 9.47 Å². The highest BCUT2D eigenvalue weighted by molar-refractivity contribution is 5.69. The van der Waals surface area contributed by atoms with E-state index in [0.717, 1.165) is 29.7 Å². The van der Waals surface area contributed by atoms with Gasteiger partial charge in [-0.1, -0.05) is 120 Å². The molecule has 4 nitrogen and oxygen atoms in total. The van der Waals surface area contributed by atoms with Gasteiger partial charge in [-0.2, -0.15) is 0 Å². The molecule has 0 aliphatic rings. The fraction of sp³-hybridized carbons (Fsp3) is 0.606. The zero-order chi connectivity index (χ0) is 26.6. The van der Waals surface area contributed by atoms with Gasteiger partial charge in [0.15, 0.2) is 0 Å². The highest BCUT2D eigenvalue weighted by Gasteiger charge is 2.18. The van der Waals surface area contributed by atoms with Crippen molar-refractivity contribution in [2.24, 2.45) is 0 Å². The molecule has 2 aromatic carbocycles. The zero-order valence-electron chi connectivity index (χ0n) is 23.9. The number of benzene rings is 2. The molecule has 0 saturated carbocycles. The number of unbranched alkanes of at least 4 members (excludes halogenated alkanes) is 10. The molecular weight excluding hydrogens is 458 g/mol. The largest absolute Gasteiger partial charge is 0.490 e. The Morgan fingerprint density at radius 1 is 0.730 bits per heavy atom. The second-order valence-corrected chi connectivity index (χ2v) is 11.0. The van der Waals surface area contributed by atoms with Crippen LogP contribution in [0.4, 0.5) is 0 Å². The molecule has 37 heavy (non-hydrogen) atoms. The van der Waals surface area contributed by atoms with Gasteiger partial charge in [-0.15, -0.1) is 0 Å². The second kappa shape index (κ2) is 18.8. The molecule has 4 heteroatoms. The molecule has 0 aliphatic heterocycles. The van der Waals surface area contributed by atoms with Crippen molar-refractivity contribution < 1.29 is 18.8 Å². The van der Waals surface area contributed by atoms with E-state index in [-0.39, 0.29) is 12.6 Å². The summed E-state index contributed by atoms with van der Waals surface area (Å²) in [7, 11) is 4.30. The Bertz CT molecular complexity index is 850. The summed E-state index contributed by atoms with van der Waals surface area (Å²) in [4.78, 5) is 12.3. The van der Waals surface area contributed by atoms with Crippen LogP contribution >= 0.6 is 0 Å². The number of hydrogen-bond acceptors (Lipinski definition) is 3. The first kappa shape index (κ1) is 30.9. The van der Waals surface area contributed by atoms with E-state index in [0.29, 0.717) is 13.0 Å². The van der Waals surface area contributed by atoms with Crippen molar-refractivity contribution in [3.63, 3.8) is 0 Å². The third-order valence-electron chi connectivity index (χ3n) is 7.00. The molecule has 0 radical (unpaired) electrons. The van der Waals surface area contributed by atoms with E-state index in [1.807, 2.05) is 18.2 Å². The van der Waals surface area contributed by atoms with Gasteiger partial charge < -0.3 is 14.0 Å². The summed E-state index contributed by atoms with van der Waals surface area (Å²) in [5, 5.41) is 0. The Morgan fingerprint density at radius 2 is 1.32 bits per heavy atom. The van der Waals surface area contributed by atoms with Gasteiger partial charge >= 0.3 is 5.97 Å². The lowest BCUT2D eigenvalue weighted by Gasteiger charge is -2.29. The highest BCUT2D eigenvalue weighted by atomic mass is 16.6. The number of rotatable bonds is 21. The number of quaternary nitrogens is 1. The van der Waals surface area contributed by atoms with Gasteiger partial charge in [0.1, 0.15) is 25.5 Å². The fourth-order valence-corrected chi connectivity index (χ4v) is 4.76. The Kier molecular flexibility index (Phi) is 15.7. The molecule has 0 aromatic heterocycles. The Labute approximate surface area is 227 Å². The number of esters is 1. The van der Waals surface area contributed by atoms with E-state index in [2.05, 4.69) is 57.4 Å². The van der Waals surface area contributed by atoms with Gasteiger partial charge in [-0.3, -0.25) is 4.79 Å². The van der Waals surface area contributed by atoms with Crippen LogP contribution in [-0.2, 0) is 22.5 Å². The van der Waals surface area contributed by atoms with E-state index in [9.17, 15) is 4.79 Å². The van der Waals surface area contributed by atoms with Crippen LogP contribution < -0.4 is 4.74 Å². The number of carbonyl (C=O) groups is 1. The van der Waals surface area contributed by atoms with Crippen molar-refractivity contribution >= 4 is 5.97 Å². The van der Waals surface area contributed by atoms with Gasteiger partial charge in [0, 0.05) is 5.56 Å². The van der Waals surface area contributed by atoms with Gasteiger partial charge in [-0.05, 0) is 24.5 Å². The van der Waals surface area contributed by atoms with E-state index >= 15 is 0 Å². The first-order chi connectivity index (χ1) is 18.0. The molecule has 0 amide bonds. The average molecular weight is 511 g/mol. The molecule has 2 aromatic rings. The second-order valence-electron chi connectivity index (χ2n) is 11.0. The topological polar surface area (TPSA) is 35.5 Å². The SMILES string of the molecule is CCCCCCCCCCCCCc1ccccc1OCCOC(=O)CC[N+](C)(C)Cc1ccccc1. The predicted octanol–water partition coefficient (Wildman–Crippen LogP) is 8.13. The first-order valence-electron chi connectivity index (χ1n) is 14.7. The number of carbonyl (C=O) groups excluding carboxylic acids is 1. The molecule has 0 unspecified atom stereocenters. The summed E-state index contributed by atoms with van der Waals surface area (Å²) in [5.74, 6) is 0.767. The standard InChI is InChI=1S/C33H52NO3/c1-4-5-6-7-8-9-10-11-12-13-17-22-31-23-18-19-24-32(31)36-27-28-37-33(35)25-26-34(2,3)29-30-20-15-14-16-21-30/h14-16,18-21,23-24H,4-13,17,22,25-29H2,1-3H3/q+1. The molecule has 0 fully saturated rings. The van der Waals surface area contributed by atoms with Crippen molar-refractivity contribution in [1.29, 1.82) is 0 Å². The van der Waals surface area contributed by atoms with E-state index in [1.165, 1.54) is 81.8 Å². The number of para-hydroxylation sites is 1. The maximum atomic E-state index is 12.3. The molecule has 0 aliphatic carbocycles. The lowest BCUT2D eigenvalue weighted by molar-refractivity contribution is -0.903. The molecule has 206 valence electrons. The van der Waals surface area contributed by atoms with Gasteiger partial charge in [0.05, 0.1) is 27.1 Å². The quantitative estimate of drug-likeness (QED) is 0.0966. The fourth-order valence-electron chi connectivity index (χ4n) is 4.76. The average Bonchev–Trinajstić information content (AvgIpc) is 2.89. The Balaban J connectivity index is 1.55. The van der Waals surface area contributed by atoms with Gasteiger partial charge in [0.2, 0.25) is 0 Å². The third kappa shape index (κ3) is 14.9. The van der Waals surface area contributed by atoms with Crippen molar-refractivity contribution in [2.45, 2.75) is 96.9 Å². The minimum atomic E-state index is -0.155. The zero-order valence-corrected chi connectivity index (χ0v) is 23.9. The maximum Gasteiger partial charge on any atom is 0.311 e. The summed E-state index contributed by atoms with van der Waals surface area (Å²) < 4.78 is 12.2. The van der Waals surface area contributed by atoms with Crippen LogP contribution in [0.2, 0.25) is 0 Å². The highest BCUT2D eigenvalue weighted by Crippen LogP contribution is 2.21. The molecule has 0 bridgehead atoms. The van der Waals surface area contributed by atoms with Crippen LogP contribution in [0.15, 0.2) is 54.6 Å². The monoisotopic (exact) mass is 510 g/mol.